The van der Waals surface area contributed by atoms with Crippen molar-refractivity contribution < 1.29 is 18.8 Å². The molecule has 0 aliphatic heterocycles. The molecule has 30 heavy (non-hydrogen) atoms. The molecule has 0 amide bonds. The van der Waals surface area contributed by atoms with Crippen LogP contribution in [0, 0.1) is 5.92 Å². The first-order valence-corrected chi connectivity index (χ1v) is 10.3. The van der Waals surface area contributed by atoms with E-state index in [1.54, 1.807) is 25.4 Å². The van der Waals surface area contributed by atoms with Crippen LogP contribution in [0.15, 0.2) is 35.1 Å². The second-order valence-electron chi connectivity index (χ2n) is 8.00. The highest BCUT2D eigenvalue weighted by molar-refractivity contribution is 6.15. The zero-order valence-electron chi connectivity index (χ0n) is 17.4. The Morgan fingerprint density at radius 1 is 1.30 bits per heavy atom. The molecule has 1 aliphatic carbocycles. The maximum atomic E-state index is 13.7. The van der Waals surface area contributed by atoms with E-state index in [0.717, 1.165) is 29.8 Å². The fraction of sp³-hybridized carbons (Fsp3) is 0.391. The van der Waals surface area contributed by atoms with Crippen LogP contribution < -0.4 is 0 Å². The van der Waals surface area contributed by atoms with Crippen LogP contribution in [0.2, 0.25) is 0 Å². The van der Waals surface area contributed by atoms with Crippen molar-refractivity contribution in [2.75, 3.05) is 6.61 Å². The summed E-state index contributed by atoms with van der Waals surface area (Å²) in [4.78, 5) is 33.5. The number of imidazole rings is 1. The summed E-state index contributed by atoms with van der Waals surface area (Å²) in [7, 11) is 0. The Balaban J connectivity index is 1.79. The molecule has 0 atom stereocenters. The number of hydrogen-bond acceptors (Lipinski definition) is 6. The highest BCUT2D eigenvalue weighted by Gasteiger charge is 2.38. The van der Waals surface area contributed by atoms with Crippen LogP contribution in [-0.2, 0) is 11.2 Å². The largest absolute Gasteiger partial charge is 0.461 e. The van der Waals surface area contributed by atoms with Gasteiger partial charge >= 0.3 is 5.97 Å². The number of ketones is 1. The Labute approximate surface area is 174 Å². The molecule has 0 unspecified atom stereocenters. The third-order valence-electron chi connectivity index (χ3n) is 5.11. The zero-order valence-corrected chi connectivity index (χ0v) is 17.4. The maximum Gasteiger partial charge on any atom is 0.361 e. The number of aromatic nitrogens is 3. The number of aromatic amines is 1. The lowest BCUT2D eigenvalue weighted by atomic mass is 9.90. The second-order valence-corrected chi connectivity index (χ2v) is 8.00. The molecule has 2 heterocycles. The number of rotatable bonds is 8. The number of hydrogen-bond donors (Lipinski definition) is 1. The summed E-state index contributed by atoms with van der Waals surface area (Å²) in [5, 5.41) is 3.91. The first-order valence-electron chi connectivity index (χ1n) is 10.3. The fourth-order valence-corrected chi connectivity index (χ4v) is 3.61. The van der Waals surface area contributed by atoms with Gasteiger partial charge in [0.2, 0.25) is 5.69 Å². The van der Waals surface area contributed by atoms with Crippen molar-refractivity contribution in [1.82, 2.24) is 15.1 Å². The molecular weight excluding hydrogens is 382 g/mol. The lowest BCUT2D eigenvalue weighted by molar-refractivity contribution is 0.0512. The molecule has 0 spiro atoms. The molecule has 1 fully saturated rings. The summed E-state index contributed by atoms with van der Waals surface area (Å²) in [6.07, 6.45) is 6.03. The smallest absolute Gasteiger partial charge is 0.361 e. The van der Waals surface area contributed by atoms with Crippen LogP contribution in [0.4, 0.5) is 0 Å². The van der Waals surface area contributed by atoms with Gasteiger partial charge in [-0.2, -0.15) is 0 Å². The van der Waals surface area contributed by atoms with Crippen LogP contribution >= 0.6 is 0 Å². The van der Waals surface area contributed by atoms with Gasteiger partial charge in [0.25, 0.3) is 0 Å². The van der Waals surface area contributed by atoms with E-state index in [0.29, 0.717) is 23.7 Å². The van der Waals surface area contributed by atoms with E-state index in [4.69, 9.17) is 9.26 Å². The first-order chi connectivity index (χ1) is 14.5. The molecule has 4 rings (SSSR count). The van der Waals surface area contributed by atoms with E-state index in [-0.39, 0.29) is 29.6 Å². The van der Waals surface area contributed by atoms with Gasteiger partial charge in [0.1, 0.15) is 11.4 Å². The Morgan fingerprint density at radius 3 is 2.73 bits per heavy atom. The number of esters is 1. The van der Waals surface area contributed by atoms with Gasteiger partial charge in [-0.3, -0.25) is 4.79 Å². The minimum Gasteiger partial charge on any atom is -0.461 e. The Hall–Kier alpha value is -3.22. The third-order valence-corrected chi connectivity index (χ3v) is 5.11. The van der Waals surface area contributed by atoms with Crippen LogP contribution in [0.3, 0.4) is 0 Å². The summed E-state index contributed by atoms with van der Waals surface area (Å²) < 4.78 is 10.6. The minimum atomic E-state index is -0.630. The summed E-state index contributed by atoms with van der Waals surface area (Å²) in [6.45, 7) is 6.13. The molecule has 0 saturated heterocycles. The number of ether oxygens (including phenoxy) is 1. The molecular formula is C23H25N3O4. The number of H-pyrrole nitrogens is 1. The van der Waals surface area contributed by atoms with Crippen molar-refractivity contribution in [3.8, 4) is 11.4 Å². The van der Waals surface area contributed by atoms with Gasteiger partial charge in [0, 0.05) is 29.4 Å². The zero-order chi connectivity index (χ0) is 21.3. The topological polar surface area (TPSA) is 98.1 Å². The SMILES string of the molecule is CCOC(=O)c1noc(C2CC2)c1C(=O)c1ccc(-c2ncc[nH]2)cc1CC(C)C. The van der Waals surface area contributed by atoms with Gasteiger partial charge in [-0.05, 0) is 43.7 Å². The minimum absolute atomic E-state index is 0.0330. The van der Waals surface area contributed by atoms with Crippen LogP contribution in [-0.4, -0.2) is 33.5 Å². The highest BCUT2D eigenvalue weighted by atomic mass is 16.5. The summed E-state index contributed by atoms with van der Waals surface area (Å²) >= 11 is 0. The summed E-state index contributed by atoms with van der Waals surface area (Å²) in [5.74, 6) is 0.842. The number of nitrogens with zero attached hydrogens (tertiary/aromatic N) is 2. The average Bonchev–Trinajstić information content (AvgIpc) is 3.24. The van der Waals surface area contributed by atoms with Crippen molar-refractivity contribution in [2.24, 2.45) is 5.92 Å². The molecule has 156 valence electrons. The average molecular weight is 407 g/mol. The van der Waals surface area contributed by atoms with Crippen molar-refractivity contribution in [3.05, 3.63) is 58.7 Å². The van der Waals surface area contributed by atoms with Gasteiger partial charge in [-0.1, -0.05) is 31.1 Å². The van der Waals surface area contributed by atoms with Crippen LogP contribution in [0.5, 0.6) is 0 Å². The van der Waals surface area contributed by atoms with Gasteiger partial charge in [-0.15, -0.1) is 0 Å². The standard InChI is InChI=1S/C23H25N3O4/c1-4-29-23(28)19-18(21(30-26-19)14-5-6-14)20(27)17-8-7-15(22-24-9-10-25-22)12-16(17)11-13(2)3/h7-10,12-14H,4-6,11H2,1-3H3,(H,24,25). The van der Waals surface area contributed by atoms with E-state index in [9.17, 15) is 9.59 Å². The van der Waals surface area contributed by atoms with Gasteiger partial charge in [-0.25, -0.2) is 9.78 Å². The van der Waals surface area contributed by atoms with E-state index in [1.165, 1.54) is 0 Å². The molecule has 7 nitrogen and oxygen atoms in total. The molecule has 0 radical (unpaired) electrons. The normalized spacial score (nSPS) is 13.6. The van der Waals surface area contributed by atoms with E-state index in [2.05, 4.69) is 29.0 Å². The van der Waals surface area contributed by atoms with Crippen molar-refractivity contribution in [3.63, 3.8) is 0 Å². The van der Waals surface area contributed by atoms with Gasteiger partial charge < -0.3 is 14.2 Å². The molecule has 1 saturated carbocycles. The third kappa shape index (κ3) is 3.92. The van der Waals surface area contributed by atoms with E-state index >= 15 is 0 Å². The predicted molar refractivity (Wildman–Crippen MR) is 110 cm³/mol. The van der Waals surface area contributed by atoms with Gasteiger partial charge in [0.05, 0.1) is 6.61 Å². The van der Waals surface area contributed by atoms with Crippen LogP contribution in [0.1, 0.15) is 77.3 Å². The summed E-state index contributed by atoms with van der Waals surface area (Å²) in [6, 6.07) is 5.65. The first kappa shape index (κ1) is 20.1. The number of nitrogens with one attached hydrogen (secondary N) is 1. The van der Waals surface area contributed by atoms with E-state index in [1.807, 2.05) is 12.1 Å². The lowest BCUT2D eigenvalue weighted by Crippen LogP contribution is -2.15. The monoisotopic (exact) mass is 407 g/mol. The Morgan fingerprint density at radius 2 is 2.10 bits per heavy atom. The molecule has 1 N–H and O–H groups in total. The quantitative estimate of drug-likeness (QED) is 0.435. The Bertz CT molecular complexity index is 1060. The molecule has 2 aromatic heterocycles. The number of benzene rings is 1. The van der Waals surface area contributed by atoms with Crippen molar-refractivity contribution in [1.29, 1.82) is 0 Å². The number of carbonyl (C=O) groups is 2. The predicted octanol–water partition coefficient (Wildman–Crippen LogP) is 4.55. The molecule has 3 aromatic rings. The second kappa shape index (κ2) is 8.26. The van der Waals surface area contributed by atoms with E-state index < -0.39 is 5.97 Å². The van der Waals surface area contributed by atoms with Crippen molar-refractivity contribution >= 4 is 11.8 Å². The van der Waals surface area contributed by atoms with Crippen molar-refractivity contribution in [2.45, 2.75) is 46.0 Å². The fourth-order valence-electron chi connectivity index (χ4n) is 3.61. The Kier molecular flexibility index (Phi) is 5.53. The lowest BCUT2D eigenvalue weighted by Gasteiger charge is -2.13. The molecule has 1 aliphatic rings. The van der Waals surface area contributed by atoms with Crippen LogP contribution in [0.25, 0.3) is 11.4 Å². The highest BCUT2D eigenvalue weighted by Crippen LogP contribution is 2.43. The van der Waals surface area contributed by atoms with Gasteiger partial charge in [0.15, 0.2) is 11.5 Å². The summed E-state index contributed by atoms with van der Waals surface area (Å²) in [5.41, 5.74) is 2.57. The molecule has 1 aromatic carbocycles. The molecule has 7 heteroatoms. The molecule has 0 bridgehead atoms. The maximum absolute atomic E-state index is 13.7. The number of carbonyl (C=O) groups excluding carboxylic acids is 2.